The van der Waals surface area contributed by atoms with Crippen LogP contribution in [0.25, 0.3) is 0 Å². The molecule has 0 amide bonds. The number of rotatable bonds is 4. The van der Waals surface area contributed by atoms with Gasteiger partial charge in [0.25, 0.3) is 0 Å². The zero-order valence-corrected chi connectivity index (χ0v) is 8.71. The van der Waals surface area contributed by atoms with Crippen LogP contribution in [-0.2, 0) is 0 Å². The summed E-state index contributed by atoms with van der Waals surface area (Å²) >= 11 is 0. The Hall–Kier alpha value is -0.850. The molecule has 0 atom stereocenters. The maximum Gasteiger partial charge on any atom is 0.0576 e. The van der Waals surface area contributed by atoms with Crippen LogP contribution in [0.5, 0.6) is 0 Å². The number of unbranched alkanes of at least 4 members (excludes halogenated alkanes) is 2. The monoisotopic (exact) mass is 177 g/mol. The Labute approximate surface area is 81.3 Å². The fourth-order valence-corrected chi connectivity index (χ4v) is 1.48. The zero-order chi connectivity index (χ0) is 9.52. The Morgan fingerprint density at radius 1 is 1.38 bits per heavy atom. The van der Waals surface area contributed by atoms with Crippen molar-refractivity contribution in [3.8, 4) is 0 Å². The number of hydrogen-bond acceptors (Lipinski definition) is 1. The molecule has 0 aromatic rings. The van der Waals surface area contributed by atoms with E-state index in [0.717, 1.165) is 13.0 Å². The average molecular weight is 177 g/mol. The van der Waals surface area contributed by atoms with E-state index in [1.807, 2.05) is 0 Å². The van der Waals surface area contributed by atoms with Crippen LogP contribution in [-0.4, -0.2) is 12.3 Å². The Morgan fingerprint density at radius 2 is 2.23 bits per heavy atom. The summed E-state index contributed by atoms with van der Waals surface area (Å²) in [7, 11) is 0. The molecule has 1 heterocycles. The van der Waals surface area contributed by atoms with Crippen molar-refractivity contribution in [3.63, 3.8) is 0 Å². The molecule has 0 saturated heterocycles. The van der Waals surface area contributed by atoms with E-state index in [-0.39, 0.29) is 0 Å². The third-order valence-electron chi connectivity index (χ3n) is 2.34. The lowest BCUT2D eigenvalue weighted by molar-refractivity contribution is 0.741. The molecule has 0 N–H and O–H groups in total. The molecule has 0 fully saturated rings. The molecule has 0 bridgehead atoms. The number of aliphatic imine (C=N–C) groups is 1. The van der Waals surface area contributed by atoms with Crippen LogP contribution < -0.4 is 0 Å². The molecule has 1 nitrogen and oxygen atoms in total. The van der Waals surface area contributed by atoms with Gasteiger partial charge in [-0.2, -0.15) is 0 Å². The average Bonchev–Trinajstić information content (AvgIpc) is 2.32. The normalized spacial score (nSPS) is 16.5. The van der Waals surface area contributed by atoms with Crippen molar-refractivity contribution in [2.75, 3.05) is 6.54 Å². The summed E-state index contributed by atoms with van der Waals surface area (Å²) in [6.07, 6.45) is 11.4. The lowest BCUT2D eigenvalue weighted by atomic mass is 10.1. The molecule has 0 radical (unpaired) electrons. The largest absolute Gasteiger partial charge is 0.285 e. The Bertz CT molecular complexity index is 234. The van der Waals surface area contributed by atoms with E-state index in [1.54, 1.807) is 0 Å². The molecule has 0 aromatic heterocycles. The zero-order valence-electron chi connectivity index (χ0n) is 8.71. The fourth-order valence-electron chi connectivity index (χ4n) is 1.48. The van der Waals surface area contributed by atoms with Crippen molar-refractivity contribution in [2.45, 2.75) is 39.5 Å². The number of hydrogen-bond donors (Lipinski definition) is 0. The highest BCUT2D eigenvalue weighted by Crippen LogP contribution is 2.10. The van der Waals surface area contributed by atoms with Gasteiger partial charge in [-0.1, -0.05) is 38.0 Å². The van der Waals surface area contributed by atoms with E-state index >= 15 is 0 Å². The summed E-state index contributed by atoms with van der Waals surface area (Å²) in [6.45, 7) is 5.24. The summed E-state index contributed by atoms with van der Waals surface area (Å²) in [4.78, 5) is 4.54. The van der Waals surface area contributed by atoms with Crippen LogP contribution in [0, 0.1) is 0 Å². The highest BCUT2D eigenvalue weighted by Gasteiger charge is 2.02. The molecule has 0 aliphatic carbocycles. The first-order valence-corrected chi connectivity index (χ1v) is 5.21. The van der Waals surface area contributed by atoms with Crippen LogP contribution in [0.15, 0.2) is 28.8 Å². The second-order valence-corrected chi connectivity index (χ2v) is 3.52. The fraction of sp³-hybridized carbons (Fsp3) is 0.583. The molecule has 0 saturated carbocycles. The van der Waals surface area contributed by atoms with Crippen molar-refractivity contribution >= 4 is 5.71 Å². The minimum Gasteiger partial charge on any atom is -0.285 e. The Balaban J connectivity index is 2.44. The predicted molar refractivity (Wildman–Crippen MR) is 59.3 cm³/mol. The van der Waals surface area contributed by atoms with Crippen LogP contribution in [0.1, 0.15) is 39.5 Å². The van der Waals surface area contributed by atoms with E-state index in [2.05, 4.69) is 37.1 Å². The first-order chi connectivity index (χ1) is 6.34. The van der Waals surface area contributed by atoms with Gasteiger partial charge >= 0.3 is 0 Å². The minimum absolute atomic E-state index is 0.856. The van der Waals surface area contributed by atoms with Gasteiger partial charge in [-0.15, -0.1) is 0 Å². The smallest absolute Gasteiger partial charge is 0.0576 e. The highest BCUT2D eigenvalue weighted by molar-refractivity contribution is 6.00. The summed E-state index contributed by atoms with van der Waals surface area (Å²) in [5, 5.41) is 0. The van der Waals surface area contributed by atoms with Gasteiger partial charge in [0.2, 0.25) is 0 Å². The van der Waals surface area contributed by atoms with E-state index in [1.165, 1.54) is 30.5 Å². The number of nitrogens with zero attached hydrogens (tertiary/aromatic N) is 1. The van der Waals surface area contributed by atoms with Crippen molar-refractivity contribution in [1.29, 1.82) is 0 Å². The summed E-state index contributed by atoms with van der Waals surface area (Å²) in [5.74, 6) is 0. The standard InChI is InChI=1S/C12H19N/c1-3-4-5-9-12-11(2)8-6-7-10-13-12/h6-8H,3-5,9-10H2,1-2H3. The first-order valence-electron chi connectivity index (χ1n) is 5.21. The molecule has 0 unspecified atom stereocenters. The predicted octanol–water partition coefficient (Wildman–Crippen LogP) is 3.52. The van der Waals surface area contributed by atoms with E-state index in [0.29, 0.717) is 0 Å². The van der Waals surface area contributed by atoms with Gasteiger partial charge in [-0.25, -0.2) is 0 Å². The van der Waals surface area contributed by atoms with Gasteiger partial charge in [0.15, 0.2) is 0 Å². The topological polar surface area (TPSA) is 12.4 Å². The lowest BCUT2D eigenvalue weighted by Crippen LogP contribution is -2.00. The minimum atomic E-state index is 0.856. The highest BCUT2D eigenvalue weighted by atomic mass is 14.7. The van der Waals surface area contributed by atoms with E-state index < -0.39 is 0 Å². The summed E-state index contributed by atoms with van der Waals surface area (Å²) < 4.78 is 0. The summed E-state index contributed by atoms with van der Waals surface area (Å²) in [5.41, 5.74) is 2.64. The maximum atomic E-state index is 4.54. The van der Waals surface area contributed by atoms with Crippen molar-refractivity contribution in [1.82, 2.24) is 0 Å². The molecular formula is C12H19N. The third kappa shape index (κ3) is 3.58. The van der Waals surface area contributed by atoms with Crippen LogP contribution in [0.3, 0.4) is 0 Å². The number of allylic oxidation sites excluding steroid dienone is 3. The summed E-state index contributed by atoms with van der Waals surface area (Å²) in [6, 6.07) is 0. The quantitative estimate of drug-likeness (QED) is 0.583. The van der Waals surface area contributed by atoms with Crippen molar-refractivity contribution in [3.05, 3.63) is 23.8 Å². The van der Waals surface area contributed by atoms with Crippen molar-refractivity contribution in [2.24, 2.45) is 4.99 Å². The lowest BCUT2D eigenvalue weighted by Gasteiger charge is -2.04. The molecular weight excluding hydrogens is 158 g/mol. The van der Waals surface area contributed by atoms with Gasteiger partial charge in [0.05, 0.1) is 6.54 Å². The molecule has 13 heavy (non-hydrogen) atoms. The van der Waals surface area contributed by atoms with Gasteiger partial charge in [0, 0.05) is 5.71 Å². The van der Waals surface area contributed by atoms with Gasteiger partial charge in [-0.3, -0.25) is 4.99 Å². The van der Waals surface area contributed by atoms with Crippen LogP contribution in [0.2, 0.25) is 0 Å². The molecule has 0 aromatic carbocycles. The molecule has 1 aliphatic rings. The van der Waals surface area contributed by atoms with Gasteiger partial charge < -0.3 is 0 Å². The van der Waals surface area contributed by atoms with E-state index in [4.69, 9.17) is 0 Å². The second-order valence-electron chi connectivity index (χ2n) is 3.52. The molecule has 1 heteroatoms. The van der Waals surface area contributed by atoms with Crippen molar-refractivity contribution < 1.29 is 0 Å². The molecule has 1 rings (SSSR count). The Morgan fingerprint density at radius 3 is 3.00 bits per heavy atom. The third-order valence-corrected chi connectivity index (χ3v) is 2.34. The molecule has 0 spiro atoms. The van der Waals surface area contributed by atoms with Gasteiger partial charge in [-0.05, 0) is 25.3 Å². The van der Waals surface area contributed by atoms with Gasteiger partial charge in [0.1, 0.15) is 0 Å². The maximum absolute atomic E-state index is 4.54. The van der Waals surface area contributed by atoms with E-state index in [9.17, 15) is 0 Å². The molecule has 1 aliphatic heterocycles. The molecule has 72 valence electrons. The van der Waals surface area contributed by atoms with Crippen LogP contribution in [0.4, 0.5) is 0 Å². The SMILES string of the molecule is CCCCCC1=NCC=CC=C1C. The first kappa shape index (κ1) is 10.2. The second kappa shape index (κ2) is 5.74. The Kier molecular flexibility index (Phi) is 4.52. The van der Waals surface area contributed by atoms with Crippen LogP contribution >= 0.6 is 0 Å².